The van der Waals surface area contributed by atoms with E-state index in [0.29, 0.717) is 12.1 Å². The van der Waals surface area contributed by atoms with Gasteiger partial charge in [0.1, 0.15) is 0 Å². The van der Waals surface area contributed by atoms with E-state index in [-0.39, 0.29) is 0 Å². The zero-order chi connectivity index (χ0) is 13.5. The van der Waals surface area contributed by atoms with Crippen LogP contribution < -0.4 is 5.32 Å². The summed E-state index contributed by atoms with van der Waals surface area (Å²) in [5.41, 5.74) is 3.07. The van der Waals surface area contributed by atoms with Gasteiger partial charge in [-0.05, 0) is 44.0 Å². The fraction of sp³-hybridized carbons (Fsp3) is 0.647. The van der Waals surface area contributed by atoms with Crippen molar-refractivity contribution in [3.63, 3.8) is 0 Å². The maximum Gasteiger partial charge on any atom is 0.0481 e. The maximum absolute atomic E-state index is 3.57. The maximum atomic E-state index is 3.57. The highest BCUT2D eigenvalue weighted by Gasteiger charge is 2.39. The highest BCUT2D eigenvalue weighted by atomic mass is 15.3. The molecule has 0 amide bonds. The summed E-state index contributed by atoms with van der Waals surface area (Å²) in [6, 6.07) is 11.0. The molecule has 2 aliphatic heterocycles. The molecular formula is C17H25N3. The first-order valence-electron chi connectivity index (χ1n) is 8.10. The van der Waals surface area contributed by atoms with Crippen LogP contribution >= 0.6 is 0 Å². The second-order valence-corrected chi connectivity index (χ2v) is 6.56. The van der Waals surface area contributed by atoms with Crippen LogP contribution in [0.5, 0.6) is 0 Å². The summed E-state index contributed by atoms with van der Waals surface area (Å²) in [6.07, 6.45) is 4.02. The summed E-state index contributed by atoms with van der Waals surface area (Å²) in [7, 11) is 2.12. The fourth-order valence-corrected chi connectivity index (χ4v) is 4.58. The lowest BCUT2D eigenvalue weighted by atomic mass is 10.0. The van der Waals surface area contributed by atoms with Crippen LogP contribution in [-0.2, 0) is 6.42 Å². The van der Waals surface area contributed by atoms with E-state index >= 15 is 0 Å². The Morgan fingerprint density at radius 3 is 2.85 bits per heavy atom. The van der Waals surface area contributed by atoms with Crippen LogP contribution in [0.4, 0.5) is 0 Å². The van der Waals surface area contributed by atoms with Crippen molar-refractivity contribution in [1.29, 1.82) is 0 Å². The van der Waals surface area contributed by atoms with Gasteiger partial charge in [-0.1, -0.05) is 24.3 Å². The Morgan fingerprint density at radius 1 is 1.10 bits per heavy atom. The third-order valence-corrected chi connectivity index (χ3v) is 5.60. The van der Waals surface area contributed by atoms with Crippen LogP contribution in [0, 0.1) is 0 Å². The Balaban J connectivity index is 1.54. The lowest BCUT2D eigenvalue weighted by Gasteiger charge is -2.42. The van der Waals surface area contributed by atoms with Gasteiger partial charge >= 0.3 is 0 Å². The van der Waals surface area contributed by atoms with Crippen LogP contribution in [0.3, 0.4) is 0 Å². The number of fused-ring (bicyclic) bond motifs is 2. The molecule has 4 rings (SSSR count). The summed E-state index contributed by atoms with van der Waals surface area (Å²) in [6.45, 7) is 5.12. The highest BCUT2D eigenvalue weighted by molar-refractivity contribution is 5.37. The molecule has 0 saturated carbocycles. The molecule has 1 aromatic carbocycles. The molecule has 3 atom stereocenters. The lowest BCUT2D eigenvalue weighted by Crippen LogP contribution is -2.55. The molecule has 2 saturated heterocycles. The van der Waals surface area contributed by atoms with Crippen molar-refractivity contribution in [3.8, 4) is 0 Å². The Bertz CT molecular complexity index is 487. The van der Waals surface area contributed by atoms with E-state index in [1.54, 1.807) is 5.56 Å². The van der Waals surface area contributed by atoms with Gasteiger partial charge in [0.15, 0.2) is 0 Å². The van der Waals surface area contributed by atoms with Gasteiger partial charge < -0.3 is 5.32 Å². The summed E-state index contributed by atoms with van der Waals surface area (Å²) < 4.78 is 0. The van der Waals surface area contributed by atoms with E-state index in [1.807, 2.05) is 0 Å². The van der Waals surface area contributed by atoms with Crippen LogP contribution in [0.15, 0.2) is 24.3 Å². The van der Waals surface area contributed by atoms with Crippen molar-refractivity contribution in [2.45, 2.75) is 37.4 Å². The van der Waals surface area contributed by atoms with Crippen molar-refractivity contribution in [2.75, 3.05) is 33.2 Å². The SMILES string of the molecule is CNC1c2ccccc2CC1N1CCN2CCCC2C1. The van der Waals surface area contributed by atoms with Gasteiger partial charge in [-0.15, -0.1) is 0 Å². The first-order valence-corrected chi connectivity index (χ1v) is 8.10. The molecule has 1 aromatic rings. The van der Waals surface area contributed by atoms with Crippen molar-refractivity contribution in [2.24, 2.45) is 0 Å². The molecule has 108 valence electrons. The number of likely N-dealkylation sites (N-methyl/N-ethyl adjacent to an activating group) is 1. The summed E-state index contributed by atoms with van der Waals surface area (Å²) >= 11 is 0. The number of benzene rings is 1. The number of hydrogen-bond acceptors (Lipinski definition) is 3. The average Bonchev–Trinajstić information content (AvgIpc) is 3.10. The van der Waals surface area contributed by atoms with Gasteiger partial charge in [0.25, 0.3) is 0 Å². The molecule has 1 N–H and O–H groups in total. The number of nitrogens with zero attached hydrogens (tertiary/aromatic N) is 2. The van der Waals surface area contributed by atoms with Crippen LogP contribution in [0.25, 0.3) is 0 Å². The Labute approximate surface area is 121 Å². The van der Waals surface area contributed by atoms with E-state index in [4.69, 9.17) is 0 Å². The third kappa shape index (κ3) is 2.00. The average molecular weight is 271 g/mol. The molecule has 0 aromatic heterocycles. The molecule has 2 heterocycles. The number of nitrogens with one attached hydrogen (secondary N) is 1. The minimum absolute atomic E-state index is 0.513. The number of hydrogen-bond donors (Lipinski definition) is 1. The van der Waals surface area contributed by atoms with Crippen molar-refractivity contribution in [3.05, 3.63) is 35.4 Å². The van der Waals surface area contributed by atoms with E-state index in [1.165, 1.54) is 51.0 Å². The molecule has 3 heteroatoms. The molecule has 3 aliphatic rings. The monoisotopic (exact) mass is 271 g/mol. The largest absolute Gasteiger partial charge is 0.312 e. The number of rotatable bonds is 2. The van der Waals surface area contributed by atoms with Crippen molar-refractivity contribution in [1.82, 2.24) is 15.1 Å². The van der Waals surface area contributed by atoms with Gasteiger partial charge in [0, 0.05) is 37.8 Å². The van der Waals surface area contributed by atoms with Gasteiger partial charge in [0.05, 0.1) is 0 Å². The molecule has 0 spiro atoms. The summed E-state index contributed by atoms with van der Waals surface area (Å²) in [5, 5.41) is 3.57. The fourth-order valence-electron chi connectivity index (χ4n) is 4.58. The lowest BCUT2D eigenvalue weighted by molar-refractivity contribution is 0.0621. The highest BCUT2D eigenvalue weighted by Crippen LogP contribution is 2.36. The van der Waals surface area contributed by atoms with Gasteiger partial charge in [-0.3, -0.25) is 9.80 Å². The molecule has 20 heavy (non-hydrogen) atoms. The van der Waals surface area contributed by atoms with Crippen molar-refractivity contribution >= 4 is 0 Å². The Hall–Kier alpha value is -0.900. The van der Waals surface area contributed by atoms with Crippen LogP contribution in [-0.4, -0.2) is 55.1 Å². The smallest absolute Gasteiger partial charge is 0.0481 e. The molecule has 3 nitrogen and oxygen atoms in total. The van der Waals surface area contributed by atoms with E-state index < -0.39 is 0 Å². The standard InChI is InChI=1S/C17H25N3/c1-18-17-15-7-3-2-5-13(15)11-16(17)20-10-9-19-8-4-6-14(19)12-20/h2-3,5,7,14,16-18H,4,6,8-12H2,1H3. The predicted octanol–water partition coefficient (Wildman–Crippen LogP) is 1.65. The zero-order valence-corrected chi connectivity index (χ0v) is 12.4. The summed E-state index contributed by atoms with van der Waals surface area (Å²) in [4.78, 5) is 5.46. The molecule has 0 bridgehead atoms. The van der Waals surface area contributed by atoms with Crippen molar-refractivity contribution < 1.29 is 0 Å². The quantitative estimate of drug-likeness (QED) is 0.882. The molecular weight excluding hydrogens is 246 g/mol. The Morgan fingerprint density at radius 2 is 1.95 bits per heavy atom. The molecule has 2 fully saturated rings. The van der Waals surface area contributed by atoms with Crippen LogP contribution in [0.2, 0.25) is 0 Å². The first-order chi connectivity index (χ1) is 9.86. The van der Waals surface area contributed by atoms with E-state index in [2.05, 4.69) is 46.4 Å². The van der Waals surface area contributed by atoms with E-state index in [0.717, 1.165) is 6.04 Å². The second kappa shape index (κ2) is 5.14. The normalized spacial score (nSPS) is 34.1. The zero-order valence-electron chi connectivity index (χ0n) is 12.4. The predicted molar refractivity (Wildman–Crippen MR) is 81.9 cm³/mol. The third-order valence-electron chi connectivity index (χ3n) is 5.60. The second-order valence-electron chi connectivity index (χ2n) is 6.56. The van der Waals surface area contributed by atoms with Crippen LogP contribution in [0.1, 0.15) is 30.0 Å². The first kappa shape index (κ1) is 12.8. The topological polar surface area (TPSA) is 18.5 Å². The molecule has 1 aliphatic carbocycles. The summed E-state index contributed by atoms with van der Waals surface area (Å²) in [5.74, 6) is 0. The minimum atomic E-state index is 0.513. The van der Waals surface area contributed by atoms with Gasteiger partial charge in [0.2, 0.25) is 0 Å². The van der Waals surface area contributed by atoms with Gasteiger partial charge in [-0.2, -0.15) is 0 Å². The molecule has 0 radical (unpaired) electrons. The minimum Gasteiger partial charge on any atom is -0.312 e. The molecule has 3 unspecified atom stereocenters. The van der Waals surface area contributed by atoms with Gasteiger partial charge in [-0.25, -0.2) is 0 Å². The number of piperazine rings is 1. The van der Waals surface area contributed by atoms with E-state index in [9.17, 15) is 0 Å². The Kier molecular flexibility index (Phi) is 3.29.